The van der Waals surface area contributed by atoms with Crippen molar-refractivity contribution in [2.24, 2.45) is 0 Å². The van der Waals surface area contributed by atoms with Gasteiger partial charge in [-0.1, -0.05) is 24.3 Å². The van der Waals surface area contributed by atoms with Crippen LogP contribution in [0.25, 0.3) is 0 Å². The van der Waals surface area contributed by atoms with Gasteiger partial charge in [-0.05, 0) is 54.7 Å². The van der Waals surface area contributed by atoms with Crippen LogP contribution in [-0.2, 0) is 13.0 Å². The number of carbonyl (C=O) groups is 1. The molecule has 3 nitrogen and oxygen atoms in total. The minimum absolute atomic E-state index is 0.362. The molecule has 0 unspecified atom stereocenters. The number of carboxylic acids is 1. The summed E-state index contributed by atoms with van der Waals surface area (Å²) in [5.41, 5.74) is 6.53. The van der Waals surface area contributed by atoms with Gasteiger partial charge in [0.1, 0.15) is 0 Å². The second-order valence-corrected chi connectivity index (χ2v) is 5.74. The maximum absolute atomic E-state index is 11.1. The molecule has 0 radical (unpaired) electrons. The first kappa shape index (κ1) is 13.7. The van der Waals surface area contributed by atoms with Crippen LogP contribution in [-0.4, -0.2) is 17.6 Å². The van der Waals surface area contributed by atoms with Crippen LogP contribution in [0.1, 0.15) is 32.6 Å². The van der Waals surface area contributed by atoms with Gasteiger partial charge < -0.3 is 10.0 Å². The van der Waals surface area contributed by atoms with Gasteiger partial charge in [-0.15, -0.1) is 0 Å². The Balaban J connectivity index is 1.88. The molecule has 0 aliphatic carbocycles. The van der Waals surface area contributed by atoms with E-state index < -0.39 is 5.97 Å². The van der Waals surface area contributed by atoms with Gasteiger partial charge in [-0.2, -0.15) is 0 Å². The largest absolute Gasteiger partial charge is 0.478 e. The van der Waals surface area contributed by atoms with E-state index in [1.165, 1.54) is 22.3 Å². The highest BCUT2D eigenvalue weighted by atomic mass is 16.4. The van der Waals surface area contributed by atoms with E-state index in [1.807, 2.05) is 6.07 Å². The maximum atomic E-state index is 11.1. The molecule has 0 saturated heterocycles. The minimum Gasteiger partial charge on any atom is -0.478 e. The first-order valence-electron chi connectivity index (χ1n) is 7.22. The van der Waals surface area contributed by atoms with Crippen molar-refractivity contribution >= 4 is 11.7 Å². The maximum Gasteiger partial charge on any atom is 0.335 e. The lowest BCUT2D eigenvalue weighted by Crippen LogP contribution is -2.20. The van der Waals surface area contributed by atoms with Crippen molar-refractivity contribution < 1.29 is 9.90 Å². The third-order valence-corrected chi connectivity index (χ3v) is 4.27. The number of aryl methyl sites for hydroxylation is 2. The molecule has 2 aromatic carbocycles. The summed E-state index contributed by atoms with van der Waals surface area (Å²) >= 11 is 0. The number of anilines is 1. The van der Waals surface area contributed by atoms with Crippen molar-refractivity contribution in [1.82, 2.24) is 0 Å². The fourth-order valence-corrected chi connectivity index (χ4v) is 2.87. The van der Waals surface area contributed by atoms with Crippen molar-refractivity contribution in [3.8, 4) is 0 Å². The molecule has 0 spiro atoms. The highest BCUT2D eigenvalue weighted by molar-refractivity contribution is 5.89. The Bertz CT molecular complexity index is 706. The van der Waals surface area contributed by atoms with Gasteiger partial charge in [0, 0.05) is 18.8 Å². The molecular weight excluding hydrogens is 262 g/mol. The highest BCUT2D eigenvalue weighted by Gasteiger charge is 2.20. The number of benzene rings is 2. The van der Waals surface area contributed by atoms with Crippen LogP contribution in [0.4, 0.5) is 5.69 Å². The topological polar surface area (TPSA) is 40.5 Å². The summed E-state index contributed by atoms with van der Waals surface area (Å²) in [6, 6.07) is 12.0. The standard InChI is InChI=1S/C18H19NO2/c1-12-3-4-14(9-13(12)2)11-19-8-7-15-5-6-16(18(20)21)10-17(15)19/h3-6,9-10H,7-8,11H2,1-2H3,(H,20,21). The fourth-order valence-electron chi connectivity index (χ4n) is 2.87. The molecular formula is C18H19NO2. The average Bonchev–Trinajstić information content (AvgIpc) is 2.85. The Morgan fingerprint density at radius 1 is 1.14 bits per heavy atom. The van der Waals surface area contributed by atoms with Gasteiger partial charge in [0.25, 0.3) is 0 Å². The fraction of sp³-hybridized carbons (Fsp3) is 0.278. The van der Waals surface area contributed by atoms with Crippen LogP contribution in [0.5, 0.6) is 0 Å². The molecule has 0 bridgehead atoms. The van der Waals surface area contributed by atoms with Crippen molar-refractivity contribution in [1.29, 1.82) is 0 Å². The summed E-state index contributed by atoms with van der Waals surface area (Å²) in [5.74, 6) is -0.865. The predicted octanol–water partition coefficient (Wildman–Crippen LogP) is 3.56. The Labute approximate surface area is 124 Å². The first-order chi connectivity index (χ1) is 10.0. The van der Waals surface area contributed by atoms with E-state index in [9.17, 15) is 4.79 Å². The molecule has 0 amide bonds. The van der Waals surface area contributed by atoms with Crippen LogP contribution in [0.2, 0.25) is 0 Å². The summed E-state index contributed by atoms with van der Waals surface area (Å²) in [4.78, 5) is 13.4. The minimum atomic E-state index is -0.865. The Morgan fingerprint density at radius 3 is 2.67 bits per heavy atom. The van der Waals surface area contributed by atoms with Crippen molar-refractivity contribution in [3.05, 3.63) is 64.2 Å². The smallest absolute Gasteiger partial charge is 0.335 e. The number of hydrogen-bond acceptors (Lipinski definition) is 2. The normalized spacial score (nSPS) is 13.3. The molecule has 0 saturated carbocycles. The van der Waals surface area contributed by atoms with E-state index in [0.717, 1.165) is 25.2 Å². The van der Waals surface area contributed by atoms with E-state index >= 15 is 0 Å². The van der Waals surface area contributed by atoms with E-state index in [1.54, 1.807) is 12.1 Å². The second kappa shape index (κ2) is 5.24. The number of hydrogen-bond donors (Lipinski definition) is 1. The van der Waals surface area contributed by atoms with Crippen molar-refractivity contribution in [3.63, 3.8) is 0 Å². The zero-order chi connectivity index (χ0) is 15.0. The summed E-state index contributed by atoms with van der Waals surface area (Å²) in [6.45, 7) is 6.02. The van der Waals surface area contributed by atoms with Crippen molar-refractivity contribution in [2.45, 2.75) is 26.8 Å². The van der Waals surface area contributed by atoms with E-state index in [4.69, 9.17) is 5.11 Å². The molecule has 3 rings (SSSR count). The molecule has 3 heteroatoms. The molecule has 21 heavy (non-hydrogen) atoms. The van der Waals surface area contributed by atoms with Crippen molar-refractivity contribution in [2.75, 3.05) is 11.4 Å². The molecule has 1 aliphatic heterocycles. The van der Waals surface area contributed by atoms with Crippen LogP contribution >= 0.6 is 0 Å². The lowest BCUT2D eigenvalue weighted by molar-refractivity contribution is 0.0697. The molecule has 2 aromatic rings. The monoisotopic (exact) mass is 281 g/mol. The lowest BCUT2D eigenvalue weighted by Gasteiger charge is -2.20. The molecule has 0 atom stereocenters. The summed E-state index contributed by atoms with van der Waals surface area (Å²) < 4.78 is 0. The van der Waals surface area contributed by atoms with Gasteiger partial charge >= 0.3 is 5.97 Å². The predicted molar refractivity (Wildman–Crippen MR) is 84.1 cm³/mol. The number of fused-ring (bicyclic) bond motifs is 1. The third kappa shape index (κ3) is 2.64. The second-order valence-electron chi connectivity index (χ2n) is 5.74. The summed E-state index contributed by atoms with van der Waals surface area (Å²) in [6.07, 6.45) is 0.986. The Hall–Kier alpha value is -2.29. The van der Waals surface area contributed by atoms with Gasteiger partial charge in [0.05, 0.1) is 5.56 Å². The molecule has 0 fully saturated rings. The van der Waals surface area contributed by atoms with E-state index in [-0.39, 0.29) is 0 Å². The van der Waals surface area contributed by atoms with Gasteiger partial charge in [-0.3, -0.25) is 0 Å². The lowest BCUT2D eigenvalue weighted by atomic mass is 10.1. The molecule has 1 heterocycles. The number of carboxylic acid groups (broad SMARTS) is 1. The van der Waals surface area contributed by atoms with Gasteiger partial charge in [0.2, 0.25) is 0 Å². The molecule has 108 valence electrons. The average molecular weight is 281 g/mol. The van der Waals surface area contributed by atoms with E-state index in [0.29, 0.717) is 5.56 Å². The zero-order valence-corrected chi connectivity index (χ0v) is 12.4. The highest BCUT2D eigenvalue weighted by Crippen LogP contribution is 2.30. The molecule has 0 aromatic heterocycles. The quantitative estimate of drug-likeness (QED) is 0.935. The zero-order valence-electron chi connectivity index (χ0n) is 12.4. The van der Waals surface area contributed by atoms with Crippen LogP contribution in [0, 0.1) is 13.8 Å². The SMILES string of the molecule is Cc1ccc(CN2CCc3ccc(C(=O)O)cc32)cc1C. The molecule has 1 N–H and O–H groups in total. The Kier molecular flexibility index (Phi) is 3.42. The van der Waals surface area contributed by atoms with Crippen LogP contribution < -0.4 is 4.90 Å². The Morgan fingerprint density at radius 2 is 1.95 bits per heavy atom. The van der Waals surface area contributed by atoms with E-state index in [2.05, 4.69) is 36.9 Å². The van der Waals surface area contributed by atoms with Crippen LogP contribution in [0.15, 0.2) is 36.4 Å². The summed E-state index contributed by atoms with van der Waals surface area (Å²) in [5, 5.41) is 9.14. The van der Waals surface area contributed by atoms with Gasteiger partial charge in [-0.25, -0.2) is 4.79 Å². The number of nitrogens with zero attached hydrogens (tertiary/aromatic N) is 1. The first-order valence-corrected chi connectivity index (χ1v) is 7.22. The summed E-state index contributed by atoms with van der Waals surface area (Å²) in [7, 11) is 0. The number of aromatic carboxylic acids is 1. The van der Waals surface area contributed by atoms with Crippen LogP contribution in [0.3, 0.4) is 0 Å². The van der Waals surface area contributed by atoms with Gasteiger partial charge in [0.15, 0.2) is 0 Å². The molecule has 1 aliphatic rings. The third-order valence-electron chi connectivity index (χ3n) is 4.27. The number of rotatable bonds is 3.